The van der Waals surface area contributed by atoms with E-state index in [0.717, 1.165) is 18.4 Å². The van der Waals surface area contributed by atoms with Crippen molar-refractivity contribution in [1.29, 1.82) is 0 Å². The summed E-state index contributed by atoms with van der Waals surface area (Å²) in [6, 6.07) is 18.5. The van der Waals surface area contributed by atoms with Crippen molar-refractivity contribution < 1.29 is 37.8 Å². The zero-order valence-corrected chi connectivity index (χ0v) is 23.9. The van der Waals surface area contributed by atoms with Gasteiger partial charge in [0.15, 0.2) is 6.10 Å². The fourth-order valence-corrected chi connectivity index (χ4v) is 5.54. The molecule has 3 amide bonds. The smallest absolute Gasteiger partial charge is 0.446 e. The molecule has 0 aromatic heterocycles. The van der Waals surface area contributed by atoms with Crippen LogP contribution in [-0.2, 0) is 4.79 Å². The highest BCUT2D eigenvalue weighted by Gasteiger charge is 2.29. The largest absolute Gasteiger partial charge is 0.479 e. The Morgan fingerprint density at radius 1 is 0.860 bits per heavy atom. The van der Waals surface area contributed by atoms with Crippen LogP contribution in [0.1, 0.15) is 71.1 Å². The lowest BCUT2D eigenvalue weighted by Crippen LogP contribution is -2.36. The number of rotatable bonds is 10. The molecular formula is C31H32F3N3O5S. The molecule has 3 aromatic carbocycles. The molecule has 1 saturated carbocycles. The average molecular weight is 616 g/mol. The van der Waals surface area contributed by atoms with Gasteiger partial charge in [-0.1, -0.05) is 55.7 Å². The van der Waals surface area contributed by atoms with Gasteiger partial charge >= 0.3 is 17.5 Å². The predicted octanol–water partition coefficient (Wildman–Crippen LogP) is 6.43. The number of aliphatic hydroxyl groups is 1. The van der Waals surface area contributed by atoms with Crippen molar-refractivity contribution >= 4 is 35.4 Å². The Hall–Kier alpha value is -4.03. The van der Waals surface area contributed by atoms with Gasteiger partial charge in [0.05, 0.1) is 12.6 Å². The van der Waals surface area contributed by atoms with Gasteiger partial charge in [-0.3, -0.25) is 4.79 Å². The molecule has 228 valence electrons. The maximum atomic E-state index is 13.0. The second kappa shape index (κ2) is 14.4. The number of halogens is 3. The Bertz CT molecular complexity index is 1390. The Morgan fingerprint density at radius 3 is 2.00 bits per heavy atom. The Morgan fingerprint density at radius 2 is 1.44 bits per heavy atom. The van der Waals surface area contributed by atoms with Crippen LogP contribution in [0, 0.1) is 0 Å². The summed E-state index contributed by atoms with van der Waals surface area (Å²) in [6.07, 6.45) is 4.18. The highest BCUT2D eigenvalue weighted by atomic mass is 32.2. The minimum Gasteiger partial charge on any atom is -0.479 e. The summed E-state index contributed by atoms with van der Waals surface area (Å²) in [7, 11) is 0. The van der Waals surface area contributed by atoms with Crippen LogP contribution in [0.4, 0.5) is 23.7 Å². The SMILES string of the molecule is O=C(Nc1ccc(SC(F)(F)F)cc1)NC(c1ccc(C(=O)NCC(O)C(=O)O)cc1)c1ccc(C2CCCCC2)cc1. The zero-order valence-electron chi connectivity index (χ0n) is 23.1. The molecule has 0 saturated heterocycles. The number of carbonyl (C=O) groups excluding carboxylic acids is 2. The van der Waals surface area contributed by atoms with E-state index in [4.69, 9.17) is 5.11 Å². The number of carbonyl (C=O) groups is 3. The molecule has 0 radical (unpaired) electrons. The number of benzene rings is 3. The number of thioether (sulfide) groups is 1. The summed E-state index contributed by atoms with van der Waals surface area (Å²) in [5.41, 5.74) is -1.20. The number of urea groups is 1. The van der Waals surface area contributed by atoms with Gasteiger partial charge in [-0.15, -0.1) is 0 Å². The molecule has 3 aromatic rings. The summed E-state index contributed by atoms with van der Waals surface area (Å²) >= 11 is -0.242. The molecule has 1 fully saturated rings. The van der Waals surface area contributed by atoms with Crippen molar-refractivity contribution in [2.45, 2.75) is 60.6 Å². The van der Waals surface area contributed by atoms with E-state index in [1.54, 1.807) is 12.1 Å². The van der Waals surface area contributed by atoms with E-state index in [-0.39, 0.29) is 22.2 Å². The quantitative estimate of drug-likeness (QED) is 0.167. The van der Waals surface area contributed by atoms with Crippen molar-refractivity contribution in [2.75, 3.05) is 11.9 Å². The third-order valence-corrected chi connectivity index (χ3v) is 7.95. The molecule has 0 heterocycles. The van der Waals surface area contributed by atoms with Crippen molar-refractivity contribution in [1.82, 2.24) is 10.6 Å². The van der Waals surface area contributed by atoms with Crippen LogP contribution in [-0.4, -0.2) is 46.3 Å². The van der Waals surface area contributed by atoms with Gasteiger partial charge in [-0.2, -0.15) is 13.2 Å². The number of alkyl halides is 3. The van der Waals surface area contributed by atoms with Crippen molar-refractivity contribution in [3.8, 4) is 0 Å². The maximum absolute atomic E-state index is 13.0. The van der Waals surface area contributed by atoms with Gasteiger partial charge in [0, 0.05) is 16.1 Å². The molecule has 0 bridgehead atoms. The second-order valence-corrected chi connectivity index (χ2v) is 11.4. The van der Waals surface area contributed by atoms with Crippen molar-refractivity contribution in [3.05, 3.63) is 95.1 Å². The van der Waals surface area contributed by atoms with E-state index >= 15 is 0 Å². The van der Waals surface area contributed by atoms with Gasteiger partial charge in [-0.05, 0) is 83.6 Å². The van der Waals surface area contributed by atoms with Gasteiger partial charge in [-0.25, -0.2) is 9.59 Å². The molecule has 0 spiro atoms. The second-order valence-electron chi connectivity index (χ2n) is 10.3. The number of amides is 3. The summed E-state index contributed by atoms with van der Waals surface area (Å²) in [5, 5.41) is 26.1. The summed E-state index contributed by atoms with van der Waals surface area (Å²) < 4.78 is 37.9. The maximum Gasteiger partial charge on any atom is 0.446 e. The molecule has 12 heteroatoms. The predicted molar refractivity (Wildman–Crippen MR) is 157 cm³/mol. The number of nitrogens with one attached hydrogen (secondary N) is 3. The highest BCUT2D eigenvalue weighted by Crippen LogP contribution is 2.37. The van der Waals surface area contributed by atoms with Crippen LogP contribution in [0.5, 0.6) is 0 Å². The van der Waals surface area contributed by atoms with Crippen molar-refractivity contribution in [2.24, 2.45) is 0 Å². The molecule has 2 atom stereocenters. The molecule has 43 heavy (non-hydrogen) atoms. The Kier molecular flexibility index (Phi) is 10.7. The van der Waals surface area contributed by atoms with Crippen LogP contribution >= 0.6 is 11.8 Å². The minimum absolute atomic E-state index is 0.00372. The van der Waals surface area contributed by atoms with Crippen LogP contribution in [0.25, 0.3) is 0 Å². The Labute approximate surface area is 251 Å². The fraction of sp³-hybridized carbons (Fsp3) is 0.323. The normalized spacial score (nSPS) is 15.3. The third-order valence-electron chi connectivity index (χ3n) is 7.21. The molecule has 1 aliphatic carbocycles. The lowest BCUT2D eigenvalue weighted by atomic mass is 9.83. The summed E-state index contributed by atoms with van der Waals surface area (Å²) in [5.74, 6) is -1.53. The molecule has 2 unspecified atom stereocenters. The average Bonchev–Trinajstić information content (AvgIpc) is 2.99. The van der Waals surface area contributed by atoms with Crippen LogP contribution < -0.4 is 16.0 Å². The topological polar surface area (TPSA) is 128 Å². The van der Waals surface area contributed by atoms with Gasteiger partial charge in [0.1, 0.15) is 0 Å². The Balaban J connectivity index is 1.51. The fourth-order valence-electron chi connectivity index (χ4n) is 5.00. The standard InChI is InChI=1S/C31H32F3N3O5S/c32-31(33,34)43-25-16-14-24(15-17-25)36-30(42)37-27(21-8-6-20(7-9-21)19-4-2-1-3-5-19)22-10-12-23(13-11-22)28(39)35-18-26(38)29(40)41/h6-17,19,26-27,38H,1-5,18H2,(H,35,39)(H,40,41)(H2,36,37,42). The van der Waals surface area contributed by atoms with E-state index in [1.165, 1.54) is 61.2 Å². The number of hydrogen-bond donors (Lipinski definition) is 5. The first-order chi connectivity index (χ1) is 20.5. The number of carboxylic acids is 1. The number of aliphatic hydroxyl groups excluding tert-OH is 1. The molecule has 5 N–H and O–H groups in total. The van der Waals surface area contributed by atoms with E-state index in [2.05, 4.69) is 28.1 Å². The van der Waals surface area contributed by atoms with E-state index in [9.17, 15) is 32.7 Å². The van der Waals surface area contributed by atoms with Crippen LogP contribution in [0.2, 0.25) is 0 Å². The monoisotopic (exact) mass is 615 g/mol. The first-order valence-electron chi connectivity index (χ1n) is 13.8. The first-order valence-corrected chi connectivity index (χ1v) is 14.6. The van der Waals surface area contributed by atoms with Crippen molar-refractivity contribution in [3.63, 3.8) is 0 Å². The molecule has 4 rings (SSSR count). The van der Waals surface area contributed by atoms with Gasteiger partial charge in [0.2, 0.25) is 0 Å². The first kappa shape index (κ1) is 31.9. The molecule has 0 aliphatic heterocycles. The minimum atomic E-state index is -4.41. The van der Waals surface area contributed by atoms with Crippen LogP contribution in [0.15, 0.2) is 77.7 Å². The number of aliphatic carboxylic acids is 1. The van der Waals surface area contributed by atoms with E-state index in [0.29, 0.717) is 17.2 Å². The lowest BCUT2D eigenvalue weighted by Gasteiger charge is -2.24. The zero-order chi connectivity index (χ0) is 31.0. The molecular weight excluding hydrogens is 583 g/mol. The van der Waals surface area contributed by atoms with E-state index in [1.807, 2.05) is 12.1 Å². The highest BCUT2D eigenvalue weighted by molar-refractivity contribution is 8.00. The number of carboxylic acid groups (broad SMARTS) is 1. The molecule has 1 aliphatic rings. The number of anilines is 1. The van der Waals surface area contributed by atoms with E-state index < -0.39 is 42.1 Å². The molecule has 8 nitrogen and oxygen atoms in total. The van der Waals surface area contributed by atoms with Gasteiger partial charge < -0.3 is 26.2 Å². The number of hydrogen-bond acceptors (Lipinski definition) is 5. The summed E-state index contributed by atoms with van der Waals surface area (Å²) in [6.45, 7) is -0.455. The third kappa shape index (κ3) is 9.48. The summed E-state index contributed by atoms with van der Waals surface area (Å²) in [4.78, 5) is 36.3. The van der Waals surface area contributed by atoms with Crippen LogP contribution in [0.3, 0.4) is 0 Å². The van der Waals surface area contributed by atoms with Gasteiger partial charge in [0.25, 0.3) is 5.91 Å². The lowest BCUT2D eigenvalue weighted by molar-refractivity contribution is -0.146.